The Labute approximate surface area is 130 Å². The number of aryl methyl sites for hydroxylation is 2. The van der Waals surface area contributed by atoms with Gasteiger partial charge in [-0.15, -0.1) is 11.8 Å². The van der Waals surface area contributed by atoms with E-state index in [0.717, 1.165) is 36.9 Å². The summed E-state index contributed by atoms with van der Waals surface area (Å²) in [6, 6.07) is 8.60. The highest BCUT2D eigenvalue weighted by molar-refractivity contribution is 7.98. The number of methoxy groups -OCH3 is 1. The molecule has 0 atom stereocenters. The Morgan fingerprint density at radius 1 is 1.33 bits per heavy atom. The van der Waals surface area contributed by atoms with Crippen molar-refractivity contribution in [3.8, 4) is 0 Å². The second-order valence-corrected chi connectivity index (χ2v) is 5.96. The van der Waals surface area contributed by atoms with Crippen LogP contribution in [0.3, 0.4) is 0 Å². The number of hydrogen-bond acceptors (Lipinski definition) is 5. The third-order valence-electron chi connectivity index (χ3n) is 3.27. The molecule has 0 aliphatic heterocycles. The van der Waals surface area contributed by atoms with Crippen LogP contribution in [0.25, 0.3) is 0 Å². The summed E-state index contributed by atoms with van der Waals surface area (Å²) in [6.45, 7) is 6.42. The van der Waals surface area contributed by atoms with E-state index in [1.807, 2.05) is 25.6 Å². The number of thioether (sulfide) groups is 1. The molecule has 0 bridgehead atoms. The molecule has 2 aromatic rings. The van der Waals surface area contributed by atoms with Gasteiger partial charge in [0.1, 0.15) is 5.76 Å². The summed E-state index contributed by atoms with van der Waals surface area (Å²) >= 11 is 1.81. The lowest BCUT2D eigenvalue weighted by Crippen LogP contribution is -2.18. The third kappa shape index (κ3) is 4.88. The van der Waals surface area contributed by atoms with Crippen molar-refractivity contribution in [3.63, 3.8) is 0 Å². The largest absolute Gasteiger partial charge is 0.383 e. The Bertz CT molecular complexity index is 550. The van der Waals surface area contributed by atoms with Crippen molar-refractivity contribution in [1.82, 2.24) is 10.5 Å². The van der Waals surface area contributed by atoms with Crippen molar-refractivity contribution >= 4 is 11.8 Å². The van der Waals surface area contributed by atoms with E-state index < -0.39 is 0 Å². The zero-order chi connectivity index (χ0) is 15.1. The molecule has 114 valence electrons. The Balaban J connectivity index is 1.89. The smallest absolute Gasteiger partial charge is 0.137 e. The lowest BCUT2D eigenvalue weighted by atomic mass is 10.2. The van der Waals surface area contributed by atoms with E-state index in [-0.39, 0.29) is 0 Å². The molecule has 0 unspecified atom stereocenters. The molecule has 0 amide bonds. The van der Waals surface area contributed by atoms with Gasteiger partial charge in [-0.25, -0.2) is 0 Å². The van der Waals surface area contributed by atoms with Gasteiger partial charge in [-0.2, -0.15) is 0 Å². The van der Waals surface area contributed by atoms with Crippen LogP contribution in [0.2, 0.25) is 0 Å². The first-order valence-electron chi connectivity index (χ1n) is 7.04. The number of hydrogen-bond donors (Lipinski definition) is 1. The van der Waals surface area contributed by atoms with Crippen LogP contribution < -0.4 is 5.32 Å². The van der Waals surface area contributed by atoms with Crippen LogP contribution in [-0.2, 0) is 17.0 Å². The van der Waals surface area contributed by atoms with E-state index in [0.29, 0.717) is 0 Å². The average Bonchev–Trinajstić information content (AvgIpc) is 2.81. The van der Waals surface area contributed by atoms with Gasteiger partial charge in [-0.1, -0.05) is 17.3 Å². The molecule has 21 heavy (non-hydrogen) atoms. The third-order valence-corrected chi connectivity index (χ3v) is 4.30. The van der Waals surface area contributed by atoms with Crippen molar-refractivity contribution in [3.05, 3.63) is 46.8 Å². The maximum absolute atomic E-state index is 5.20. The minimum Gasteiger partial charge on any atom is -0.383 e. The number of nitrogens with one attached hydrogen (secondary N) is 1. The minimum absolute atomic E-state index is 0.737. The molecule has 1 heterocycles. The molecule has 1 N–H and O–H groups in total. The van der Waals surface area contributed by atoms with Crippen LogP contribution in [0.15, 0.2) is 33.7 Å². The SMILES string of the molecule is COCCNCc1cccc(SCc2c(C)noc2C)c1. The van der Waals surface area contributed by atoms with Gasteiger partial charge < -0.3 is 14.6 Å². The fraction of sp³-hybridized carbons (Fsp3) is 0.438. The highest BCUT2D eigenvalue weighted by atomic mass is 32.2. The van der Waals surface area contributed by atoms with Crippen LogP contribution in [0, 0.1) is 13.8 Å². The maximum Gasteiger partial charge on any atom is 0.137 e. The van der Waals surface area contributed by atoms with Crippen molar-refractivity contribution in [1.29, 1.82) is 0 Å². The molecule has 0 spiro atoms. The minimum atomic E-state index is 0.737. The standard InChI is InChI=1S/C16H22N2O2S/c1-12-16(13(2)20-18-12)11-21-15-6-4-5-14(9-15)10-17-7-8-19-3/h4-6,9,17H,7-8,10-11H2,1-3H3. The molecule has 5 heteroatoms. The second-order valence-electron chi connectivity index (χ2n) is 4.91. The van der Waals surface area contributed by atoms with Gasteiger partial charge in [-0.05, 0) is 31.5 Å². The van der Waals surface area contributed by atoms with Crippen LogP contribution in [-0.4, -0.2) is 25.4 Å². The highest BCUT2D eigenvalue weighted by Crippen LogP contribution is 2.26. The summed E-state index contributed by atoms with van der Waals surface area (Å²) in [6.07, 6.45) is 0. The normalized spacial score (nSPS) is 11.0. The molecule has 0 saturated carbocycles. The predicted molar refractivity (Wildman–Crippen MR) is 85.6 cm³/mol. The van der Waals surface area contributed by atoms with E-state index in [2.05, 4.69) is 34.7 Å². The molecule has 0 aliphatic rings. The van der Waals surface area contributed by atoms with Gasteiger partial charge >= 0.3 is 0 Å². The summed E-state index contributed by atoms with van der Waals surface area (Å²) in [4.78, 5) is 1.26. The lowest BCUT2D eigenvalue weighted by Gasteiger charge is -2.07. The zero-order valence-electron chi connectivity index (χ0n) is 12.8. The fourth-order valence-corrected chi connectivity index (χ4v) is 3.15. The Hall–Kier alpha value is -1.30. The average molecular weight is 306 g/mol. The summed E-state index contributed by atoms with van der Waals surface area (Å²) < 4.78 is 10.2. The van der Waals surface area contributed by atoms with Crippen molar-refractivity contribution < 1.29 is 9.26 Å². The molecule has 0 aliphatic carbocycles. The molecular weight excluding hydrogens is 284 g/mol. The molecule has 4 nitrogen and oxygen atoms in total. The van der Waals surface area contributed by atoms with E-state index in [9.17, 15) is 0 Å². The first-order valence-corrected chi connectivity index (χ1v) is 8.02. The number of aromatic nitrogens is 1. The van der Waals surface area contributed by atoms with Crippen molar-refractivity contribution in [2.45, 2.75) is 31.0 Å². The lowest BCUT2D eigenvalue weighted by molar-refractivity contribution is 0.199. The van der Waals surface area contributed by atoms with Crippen LogP contribution >= 0.6 is 11.8 Å². The first-order chi connectivity index (χ1) is 10.2. The van der Waals surface area contributed by atoms with E-state index >= 15 is 0 Å². The molecular formula is C16H22N2O2S. The summed E-state index contributed by atoms with van der Waals surface area (Å²) in [7, 11) is 1.72. The highest BCUT2D eigenvalue weighted by Gasteiger charge is 2.09. The van der Waals surface area contributed by atoms with Gasteiger partial charge in [0.25, 0.3) is 0 Å². The van der Waals surface area contributed by atoms with Crippen LogP contribution in [0.5, 0.6) is 0 Å². The zero-order valence-corrected chi connectivity index (χ0v) is 13.6. The van der Waals surface area contributed by atoms with E-state index in [1.165, 1.54) is 16.0 Å². The number of ether oxygens (including phenoxy) is 1. The maximum atomic E-state index is 5.20. The van der Waals surface area contributed by atoms with E-state index in [1.54, 1.807) is 7.11 Å². The van der Waals surface area contributed by atoms with Crippen LogP contribution in [0.4, 0.5) is 0 Å². The van der Waals surface area contributed by atoms with Gasteiger partial charge in [0.05, 0.1) is 12.3 Å². The van der Waals surface area contributed by atoms with Gasteiger partial charge in [0, 0.05) is 36.4 Å². The molecule has 0 radical (unpaired) electrons. The monoisotopic (exact) mass is 306 g/mol. The summed E-state index contributed by atoms with van der Waals surface area (Å²) in [5.74, 6) is 1.80. The number of benzene rings is 1. The molecule has 1 aromatic heterocycles. The van der Waals surface area contributed by atoms with Gasteiger partial charge in [0.2, 0.25) is 0 Å². The fourth-order valence-electron chi connectivity index (χ4n) is 2.02. The Morgan fingerprint density at radius 3 is 2.90 bits per heavy atom. The van der Waals surface area contributed by atoms with Gasteiger partial charge in [0.15, 0.2) is 0 Å². The molecule has 2 rings (SSSR count). The Morgan fingerprint density at radius 2 is 2.19 bits per heavy atom. The van der Waals surface area contributed by atoms with Gasteiger partial charge in [-0.3, -0.25) is 0 Å². The molecule has 0 saturated heterocycles. The Kier molecular flexibility index (Phi) is 6.29. The summed E-state index contributed by atoms with van der Waals surface area (Å²) in [5.41, 5.74) is 3.47. The predicted octanol–water partition coefficient (Wildman–Crippen LogP) is 3.32. The van der Waals surface area contributed by atoms with Crippen LogP contribution in [0.1, 0.15) is 22.6 Å². The van der Waals surface area contributed by atoms with Crippen molar-refractivity contribution in [2.75, 3.05) is 20.3 Å². The molecule has 0 fully saturated rings. The summed E-state index contributed by atoms with van der Waals surface area (Å²) in [5, 5.41) is 7.35. The number of nitrogens with zero attached hydrogens (tertiary/aromatic N) is 1. The second kappa shape index (κ2) is 8.22. The molecule has 1 aromatic carbocycles. The first kappa shape index (κ1) is 16.1. The van der Waals surface area contributed by atoms with E-state index in [4.69, 9.17) is 9.26 Å². The number of rotatable bonds is 8. The van der Waals surface area contributed by atoms with Crippen molar-refractivity contribution in [2.24, 2.45) is 0 Å². The quantitative estimate of drug-likeness (QED) is 0.599. The topological polar surface area (TPSA) is 47.3 Å².